The third kappa shape index (κ3) is 2.96. The van der Waals surface area contributed by atoms with Gasteiger partial charge in [-0.1, -0.05) is 0 Å². The highest BCUT2D eigenvalue weighted by molar-refractivity contribution is 4.90. The molecule has 2 aliphatic rings. The molecule has 2 aliphatic heterocycles. The van der Waals surface area contributed by atoms with Gasteiger partial charge in [-0.05, 0) is 6.92 Å². The van der Waals surface area contributed by atoms with Crippen LogP contribution in [0.5, 0.6) is 0 Å². The summed E-state index contributed by atoms with van der Waals surface area (Å²) in [6, 6.07) is 0. The van der Waals surface area contributed by atoms with E-state index in [9.17, 15) is 30.6 Å². The first-order valence-corrected chi connectivity index (χ1v) is 6.34. The molecule has 9 nitrogen and oxygen atoms in total. The fourth-order valence-corrected chi connectivity index (χ4v) is 2.23. The van der Waals surface area contributed by atoms with Crippen LogP contribution in [0.1, 0.15) is 6.92 Å². The largest absolute Gasteiger partial charge is 0.388 e. The Balaban J connectivity index is 2.04. The number of hydrogen-bond acceptors (Lipinski definition) is 9. The molecule has 9 heteroatoms. The molecule has 0 aromatic carbocycles. The van der Waals surface area contributed by atoms with Crippen molar-refractivity contribution in [3.05, 3.63) is 0 Å². The molecular weight excluding hydrogens is 276 g/mol. The maximum atomic E-state index is 9.78. The summed E-state index contributed by atoms with van der Waals surface area (Å²) in [5, 5.41) is 57.7. The third-order valence-electron chi connectivity index (χ3n) is 3.55. The number of hydrogen-bond donors (Lipinski definition) is 6. The van der Waals surface area contributed by atoms with Crippen molar-refractivity contribution in [1.29, 1.82) is 0 Å². The van der Waals surface area contributed by atoms with E-state index in [2.05, 4.69) is 0 Å². The molecule has 9 atom stereocenters. The SMILES string of the molecule is C[C@@H]1O[C@H](O[C@H]2[C@@H](O)[C@@H](O)OC[C@H]2O)[C@@H](O)[C@H](O)[C@@H]1O. The summed E-state index contributed by atoms with van der Waals surface area (Å²) in [5.41, 5.74) is 0. The summed E-state index contributed by atoms with van der Waals surface area (Å²) in [6.07, 6.45) is -12.0. The van der Waals surface area contributed by atoms with Gasteiger partial charge in [-0.2, -0.15) is 0 Å². The minimum absolute atomic E-state index is 0.257. The van der Waals surface area contributed by atoms with Crippen molar-refractivity contribution in [1.82, 2.24) is 0 Å². The van der Waals surface area contributed by atoms with Crippen molar-refractivity contribution in [3.8, 4) is 0 Å². The fourth-order valence-electron chi connectivity index (χ4n) is 2.23. The lowest BCUT2D eigenvalue weighted by Gasteiger charge is -2.43. The van der Waals surface area contributed by atoms with Crippen LogP contribution in [0.15, 0.2) is 0 Å². The standard InChI is InChI=1S/C11H20O9/c1-3-5(13)6(14)7(15)11(19-3)20-9-4(12)2-18-10(17)8(9)16/h3-17H,2H2,1H3/t3-,4+,5+,6+,7-,8+,9+,10-,11+/m0/s1. The van der Waals surface area contributed by atoms with E-state index < -0.39 is 55.3 Å². The maximum absolute atomic E-state index is 9.78. The molecule has 0 spiro atoms. The Morgan fingerprint density at radius 1 is 0.900 bits per heavy atom. The molecule has 0 aromatic heterocycles. The first-order chi connectivity index (χ1) is 9.32. The van der Waals surface area contributed by atoms with Crippen molar-refractivity contribution in [2.24, 2.45) is 0 Å². The predicted octanol–water partition coefficient (Wildman–Crippen LogP) is -3.73. The summed E-state index contributed by atoms with van der Waals surface area (Å²) in [4.78, 5) is 0. The van der Waals surface area contributed by atoms with E-state index in [1.807, 2.05) is 0 Å². The first kappa shape index (κ1) is 16.0. The second-order valence-corrected chi connectivity index (χ2v) is 5.06. The maximum Gasteiger partial charge on any atom is 0.187 e. The molecule has 2 heterocycles. The Morgan fingerprint density at radius 3 is 2.20 bits per heavy atom. The summed E-state index contributed by atoms with van der Waals surface area (Å²) in [7, 11) is 0. The summed E-state index contributed by atoms with van der Waals surface area (Å²) in [5.74, 6) is 0. The highest BCUT2D eigenvalue weighted by Crippen LogP contribution is 2.26. The molecule has 0 radical (unpaired) electrons. The van der Waals surface area contributed by atoms with Gasteiger partial charge in [0.1, 0.15) is 36.6 Å². The Hall–Kier alpha value is -0.360. The molecular formula is C11H20O9. The zero-order valence-corrected chi connectivity index (χ0v) is 10.8. The molecule has 0 aromatic rings. The van der Waals surface area contributed by atoms with Crippen molar-refractivity contribution >= 4 is 0 Å². The first-order valence-electron chi connectivity index (χ1n) is 6.34. The Bertz CT molecular complexity index is 327. The molecule has 0 amide bonds. The zero-order chi connectivity index (χ0) is 15.0. The lowest BCUT2D eigenvalue weighted by molar-refractivity contribution is -0.341. The van der Waals surface area contributed by atoms with Crippen LogP contribution in [0.3, 0.4) is 0 Å². The fraction of sp³-hybridized carbons (Fsp3) is 1.00. The van der Waals surface area contributed by atoms with Gasteiger partial charge < -0.3 is 44.8 Å². The average molecular weight is 296 g/mol. The van der Waals surface area contributed by atoms with Crippen LogP contribution >= 0.6 is 0 Å². The topological polar surface area (TPSA) is 149 Å². The van der Waals surface area contributed by atoms with Crippen molar-refractivity contribution in [2.45, 2.75) is 62.2 Å². The van der Waals surface area contributed by atoms with Gasteiger partial charge in [-0.15, -0.1) is 0 Å². The molecule has 0 aliphatic carbocycles. The second-order valence-electron chi connectivity index (χ2n) is 5.06. The molecule has 2 saturated heterocycles. The van der Waals surface area contributed by atoms with Gasteiger partial charge in [0, 0.05) is 0 Å². The number of ether oxygens (including phenoxy) is 3. The number of rotatable bonds is 2. The molecule has 0 unspecified atom stereocenters. The van der Waals surface area contributed by atoms with Crippen LogP contribution in [0.4, 0.5) is 0 Å². The molecule has 0 saturated carbocycles. The highest BCUT2D eigenvalue weighted by Gasteiger charge is 2.47. The van der Waals surface area contributed by atoms with Gasteiger partial charge >= 0.3 is 0 Å². The van der Waals surface area contributed by atoms with E-state index in [0.717, 1.165) is 0 Å². The van der Waals surface area contributed by atoms with Gasteiger partial charge in [0.05, 0.1) is 12.7 Å². The smallest absolute Gasteiger partial charge is 0.187 e. The quantitative estimate of drug-likeness (QED) is 0.302. The van der Waals surface area contributed by atoms with Gasteiger partial charge in [-0.3, -0.25) is 0 Å². The van der Waals surface area contributed by atoms with Crippen LogP contribution in [0, 0.1) is 0 Å². The van der Waals surface area contributed by atoms with E-state index in [0.29, 0.717) is 0 Å². The van der Waals surface area contributed by atoms with E-state index in [1.54, 1.807) is 0 Å². The number of aliphatic hydroxyl groups excluding tert-OH is 6. The Morgan fingerprint density at radius 2 is 1.55 bits per heavy atom. The second kappa shape index (κ2) is 6.18. The predicted molar refractivity (Wildman–Crippen MR) is 61.2 cm³/mol. The Kier molecular flexibility index (Phi) is 4.95. The van der Waals surface area contributed by atoms with Crippen molar-refractivity contribution < 1.29 is 44.8 Å². The van der Waals surface area contributed by atoms with Crippen LogP contribution in [0.2, 0.25) is 0 Å². The van der Waals surface area contributed by atoms with Crippen molar-refractivity contribution in [2.75, 3.05) is 6.61 Å². The monoisotopic (exact) mass is 296 g/mol. The minimum atomic E-state index is -1.56. The highest BCUT2D eigenvalue weighted by atomic mass is 16.7. The summed E-state index contributed by atoms with van der Waals surface area (Å²) >= 11 is 0. The van der Waals surface area contributed by atoms with E-state index in [-0.39, 0.29) is 6.61 Å². The molecule has 6 N–H and O–H groups in total. The molecule has 0 bridgehead atoms. The number of aliphatic hydroxyl groups is 6. The summed E-state index contributed by atoms with van der Waals surface area (Å²) in [6.45, 7) is 1.22. The molecule has 20 heavy (non-hydrogen) atoms. The van der Waals surface area contributed by atoms with E-state index >= 15 is 0 Å². The van der Waals surface area contributed by atoms with Crippen molar-refractivity contribution in [3.63, 3.8) is 0 Å². The Labute approximate surface area is 114 Å². The molecule has 118 valence electrons. The van der Waals surface area contributed by atoms with Crippen LogP contribution in [0.25, 0.3) is 0 Å². The zero-order valence-electron chi connectivity index (χ0n) is 10.8. The molecule has 2 rings (SSSR count). The molecule has 2 fully saturated rings. The van der Waals surface area contributed by atoms with Gasteiger partial charge in [-0.25, -0.2) is 0 Å². The summed E-state index contributed by atoms with van der Waals surface area (Å²) < 4.78 is 15.1. The van der Waals surface area contributed by atoms with E-state index in [1.165, 1.54) is 6.92 Å². The lowest BCUT2D eigenvalue weighted by atomic mass is 9.99. The average Bonchev–Trinajstić information content (AvgIpc) is 2.42. The third-order valence-corrected chi connectivity index (χ3v) is 3.55. The van der Waals surface area contributed by atoms with Crippen LogP contribution < -0.4 is 0 Å². The van der Waals surface area contributed by atoms with Gasteiger partial charge in [0.25, 0.3) is 0 Å². The van der Waals surface area contributed by atoms with Crippen LogP contribution in [-0.4, -0.2) is 92.6 Å². The van der Waals surface area contributed by atoms with E-state index in [4.69, 9.17) is 14.2 Å². The van der Waals surface area contributed by atoms with Gasteiger partial charge in [0.15, 0.2) is 12.6 Å². The van der Waals surface area contributed by atoms with Gasteiger partial charge in [0.2, 0.25) is 0 Å². The minimum Gasteiger partial charge on any atom is -0.388 e. The normalized spacial score (nSPS) is 53.9. The van der Waals surface area contributed by atoms with Crippen LogP contribution in [-0.2, 0) is 14.2 Å². The lowest BCUT2D eigenvalue weighted by Crippen LogP contribution is -2.61.